The van der Waals surface area contributed by atoms with Gasteiger partial charge in [0.1, 0.15) is 5.75 Å². The number of hydrogen-bond acceptors (Lipinski definition) is 5. The zero-order valence-corrected chi connectivity index (χ0v) is 11.6. The molecule has 1 atom stereocenters. The van der Waals surface area contributed by atoms with Crippen molar-refractivity contribution in [3.63, 3.8) is 0 Å². The Hall–Kier alpha value is -1.75. The maximum atomic E-state index is 11.0. The minimum Gasteiger partial charge on any atom is -0.491 e. The van der Waals surface area contributed by atoms with Gasteiger partial charge >= 0.3 is 5.97 Å². The SMILES string of the molecule is COC(=O)CC(O)CNc1ccc(OC(C)C)cc1. The van der Waals surface area contributed by atoms with E-state index < -0.39 is 12.1 Å². The second-order valence-corrected chi connectivity index (χ2v) is 4.51. The van der Waals surface area contributed by atoms with Gasteiger partial charge in [-0.1, -0.05) is 0 Å². The van der Waals surface area contributed by atoms with Gasteiger partial charge in [-0.3, -0.25) is 4.79 Å². The van der Waals surface area contributed by atoms with E-state index in [2.05, 4.69) is 10.1 Å². The van der Waals surface area contributed by atoms with E-state index in [1.165, 1.54) is 7.11 Å². The van der Waals surface area contributed by atoms with Crippen LogP contribution in [0.5, 0.6) is 5.75 Å². The first-order chi connectivity index (χ1) is 9.01. The molecule has 1 aromatic rings. The number of anilines is 1. The number of methoxy groups -OCH3 is 1. The monoisotopic (exact) mass is 267 g/mol. The van der Waals surface area contributed by atoms with Crippen molar-refractivity contribution in [2.75, 3.05) is 19.0 Å². The lowest BCUT2D eigenvalue weighted by molar-refractivity contribution is -0.142. The van der Waals surface area contributed by atoms with Crippen LogP contribution in [0.2, 0.25) is 0 Å². The molecule has 0 bridgehead atoms. The number of hydrogen-bond donors (Lipinski definition) is 2. The molecule has 5 nitrogen and oxygen atoms in total. The molecule has 1 aromatic carbocycles. The van der Waals surface area contributed by atoms with Crippen LogP contribution in [-0.4, -0.2) is 36.9 Å². The maximum absolute atomic E-state index is 11.0. The smallest absolute Gasteiger partial charge is 0.308 e. The lowest BCUT2D eigenvalue weighted by atomic mass is 10.2. The third kappa shape index (κ3) is 6.10. The van der Waals surface area contributed by atoms with Crippen LogP contribution in [0.25, 0.3) is 0 Å². The average molecular weight is 267 g/mol. The molecule has 0 saturated carbocycles. The first kappa shape index (κ1) is 15.3. The van der Waals surface area contributed by atoms with Crippen LogP contribution in [0, 0.1) is 0 Å². The van der Waals surface area contributed by atoms with Crippen molar-refractivity contribution in [2.24, 2.45) is 0 Å². The Balaban J connectivity index is 2.39. The predicted octanol–water partition coefficient (Wildman–Crippen LogP) is 1.81. The summed E-state index contributed by atoms with van der Waals surface area (Å²) in [5.41, 5.74) is 0.861. The van der Waals surface area contributed by atoms with E-state index in [0.29, 0.717) is 6.54 Å². The Morgan fingerprint density at radius 2 is 1.95 bits per heavy atom. The van der Waals surface area contributed by atoms with Crippen molar-refractivity contribution in [3.8, 4) is 5.75 Å². The fraction of sp³-hybridized carbons (Fsp3) is 0.500. The molecule has 0 saturated heterocycles. The van der Waals surface area contributed by atoms with Crippen LogP contribution in [0.15, 0.2) is 24.3 Å². The van der Waals surface area contributed by atoms with Gasteiger partial charge in [-0.05, 0) is 38.1 Å². The van der Waals surface area contributed by atoms with Crippen LogP contribution in [-0.2, 0) is 9.53 Å². The molecule has 1 unspecified atom stereocenters. The van der Waals surface area contributed by atoms with Gasteiger partial charge in [-0.15, -0.1) is 0 Å². The summed E-state index contributed by atoms with van der Waals surface area (Å²) in [4.78, 5) is 11.0. The standard InChI is InChI=1S/C14H21NO4/c1-10(2)19-13-6-4-11(5-7-13)15-9-12(16)8-14(17)18-3/h4-7,10,12,15-16H,8-9H2,1-3H3. The molecule has 0 amide bonds. The molecule has 0 heterocycles. The van der Waals surface area contributed by atoms with Gasteiger partial charge in [0.2, 0.25) is 0 Å². The largest absolute Gasteiger partial charge is 0.491 e. The van der Waals surface area contributed by atoms with Gasteiger partial charge in [-0.2, -0.15) is 0 Å². The lowest BCUT2D eigenvalue weighted by Gasteiger charge is -2.13. The van der Waals surface area contributed by atoms with Crippen LogP contribution < -0.4 is 10.1 Å². The quantitative estimate of drug-likeness (QED) is 0.737. The molecule has 0 spiro atoms. The summed E-state index contributed by atoms with van der Waals surface area (Å²) < 4.78 is 10.0. The number of rotatable bonds is 7. The zero-order valence-electron chi connectivity index (χ0n) is 11.6. The molecule has 2 N–H and O–H groups in total. The van der Waals surface area contributed by atoms with Gasteiger partial charge in [-0.25, -0.2) is 0 Å². The van der Waals surface area contributed by atoms with Gasteiger partial charge in [0.05, 0.1) is 25.7 Å². The van der Waals surface area contributed by atoms with E-state index in [1.807, 2.05) is 38.1 Å². The third-order valence-corrected chi connectivity index (χ3v) is 2.40. The number of nitrogens with one attached hydrogen (secondary N) is 1. The first-order valence-corrected chi connectivity index (χ1v) is 6.26. The number of aliphatic hydroxyl groups excluding tert-OH is 1. The summed E-state index contributed by atoms with van der Waals surface area (Å²) in [6.45, 7) is 4.23. The highest BCUT2D eigenvalue weighted by Gasteiger charge is 2.10. The van der Waals surface area contributed by atoms with E-state index in [1.54, 1.807) is 0 Å². The fourth-order valence-electron chi connectivity index (χ4n) is 1.51. The number of esters is 1. The molecule has 0 aliphatic heterocycles. The Morgan fingerprint density at radius 3 is 2.47 bits per heavy atom. The van der Waals surface area contributed by atoms with Crippen molar-refractivity contribution in [1.29, 1.82) is 0 Å². The molecular weight excluding hydrogens is 246 g/mol. The van der Waals surface area contributed by atoms with Gasteiger partial charge < -0.3 is 19.9 Å². The number of carbonyl (C=O) groups excluding carboxylic acids is 1. The highest BCUT2D eigenvalue weighted by molar-refractivity contribution is 5.69. The summed E-state index contributed by atoms with van der Waals surface area (Å²) in [6.07, 6.45) is -0.641. The molecule has 5 heteroatoms. The zero-order chi connectivity index (χ0) is 14.3. The molecule has 0 fully saturated rings. The highest BCUT2D eigenvalue weighted by Crippen LogP contribution is 2.16. The summed E-state index contributed by atoms with van der Waals surface area (Å²) in [5, 5.41) is 12.6. The molecular formula is C14H21NO4. The van der Waals surface area contributed by atoms with Crippen molar-refractivity contribution in [3.05, 3.63) is 24.3 Å². The molecule has 106 valence electrons. The topological polar surface area (TPSA) is 67.8 Å². The second-order valence-electron chi connectivity index (χ2n) is 4.51. The van der Waals surface area contributed by atoms with Crippen LogP contribution >= 0.6 is 0 Å². The summed E-state index contributed by atoms with van der Waals surface area (Å²) in [7, 11) is 1.30. The first-order valence-electron chi connectivity index (χ1n) is 6.26. The van der Waals surface area contributed by atoms with E-state index in [9.17, 15) is 9.90 Å². The van der Waals surface area contributed by atoms with E-state index in [-0.39, 0.29) is 12.5 Å². The molecule has 0 aliphatic carbocycles. The molecule has 0 aromatic heterocycles. The number of ether oxygens (including phenoxy) is 2. The summed E-state index contributed by atoms with van der Waals surface area (Å²) in [5.74, 6) is 0.380. The molecule has 1 rings (SSSR count). The number of benzene rings is 1. The minimum absolute atomic E-state index is 0.0158. The van der Waals surface area contributed by atoms with Gasteiger partial charge in [0.15, 0.2) is 0 Å². The van der Waals surface area contributed by atoms with E-state index in [4.69, 9.17) is 4.74 Å². The normalized spacial score (nSPS) is 12.1. The predicted molar refractivity (Wildman–Crippen MR) is 73.3 cm³/mol. The highest BCUT2D eigenvalue weighted by atomic mass is 16.5. The second kappa shape index (κ2) is 7.63. The molecule has 0 radical (unpaired) electrons. The van der Waals surface area contributed by atoms with E-state index >= 15 is 0 Å². The lowest BCUT2D eigenvalue weighted by Crippen LogP contribution is -2.23. The van der Waals surface area contributed by atoms with Crippen LogP contribution in [0.1, 0.15) is 20.3 Å². The molecule has 19 heavy (non-hydrogen) atoms. The minimum atomic E-state index is -0.765. The van der Waals surface area contributed by atoms with Crippen molar-refractivity contribution in [2.45, 2.75) is 32.5 Å². The maximum Gasteiger partial charge on any atom is 0.308 e. The van der Waals surface area contributed by atoms with Crippen LogP contribution in [0.3, 0.4) is 0 Å². The summed E-state index contributed by atoms with van der Waals surface area (Å²) >= 11 is 0. The van der Waals surface area contributed by atoms with Gasteiger partial charge in [0, 0.05) is 12.2 Å². The fourth-order valence-corrected chi connectivity index (χ4v) is 1.51. The average Bonchev–Trinajstić information content (AvgIpc) is 2.37. The summed E-state index contributed by atoms with van der Waals surface area (Å²) in [6, 6.07) is 7.44. The third-order valence-electron chi connectivity index (χ3n) is 2.40. The van der Waals surface area contributed by atoms with Crippen molar-refractivity contribution < 1.29 is 19.4 Å². The Morgan fingerprint density at radius 1 is 1.32 bits per heavy atom. The Kier molecular flexibility index (Phi) is 6.15. The number of aliphatic hydroxyl groups is 1. The Bertz CT molecular complexity index is 389. The van der Waals surface area contributed by atoms with Gasteiger partial charge in [0.25, 0.3) is 0 Å². The van der Waals surface area contributed by atoms with Crippen LogP contribution in [0.4, 0.5) is 5.69 Å². The van der Waals surface area contributed by atoms with E-state index in [0.717, 1.165) is 11.4 Å². The van der Waals surface area contributed by atoms with Crippen molar-refractivity contribution >= 4 is 11.7 Å². The molecule has 0 aliphatic rings. The Labute approximate surface area is 113 Å². The number of carbonyl (C=O) groups is 1. The van der Waals surface area contributed by atoms with Crippen molar-refractivity contribution in [1.82, 2.24) is 0 Å².